The summed E-state index contributed by atoms with van der Waals surface area (Å²) < 4.78 is 0. The van der Waals surface area contributed by atoms with E-state index in [1.807, 2.05) is 39.0 Å². The smallest absolute Gasteiger partial charge is 0.273 e. The molecule has 7 heteroatoms. The number of allylic oxidation sites excluding steroid dienone is 2. The van der Waals surface area contributed by atoms with Gasteiger partial charge < -0.3 is 4.90 Å². The van der Waals surface area contributed by atoms with Gasteiger partial charge in [-0.3, -0.25) is 9.59 Å². The molecule has 0 spiro atoms. The SMILES string of the molecule is CN(CC[C@]1(C)C=C(C#N)C(=O)C(C)(C)C1)C(=O)c1csc(-c2ccc(Cl)cc2)n1. The predicted molar refractivity (Wildman–Crippen MR) is 119 cm³/mol. The number of hydrogen-bond acceptors (Lipinski definition) is 5. The Labute approximate surface area is 186 Å². The van der Waals surface area contributed by atoms with Crippen LogP contribution in [0.1, 0.15) is 44.1 Å². The highest BCUT2D eigenvalue weighted by molar-refractivity contribution is 7.13. The number of aromatic nitrogens is 1. The Kier molecular flexibility index (Phi) is 6.16. The van der Waals surface area contributed by atoms with Crippen LogP contribution in [0, 0.1) is 22.2 Å². The number of Topliss-reactive ketones (excluding diaryl/α,β-unsaturated/α-hetero) is 1. The van der Waals surface area contributed by atoms with Gasteiger partial charge in [0.05, 0.1) is 5.57 Å². The van der Waals surface area contributed by atoms with Crippen molar-refractivity contribution >= 4 is 34.6 Å². The molecule has 0 saturated carbocycles. The molecule has 1 atom stereocenters. The van der Waals surface area contributed by atoms with Gasteiger partial charge in [-0.25, -0.2) is 4.98 Å². The van der Waals surface area contributed by atoms with Crippen LogP contribution in [0.5, 0.6) is 0 Å². The van der Waals surface area contributed by atoms with Gasteiger partial charge in [0, 0.05) is 35.0 Å². The van der Waals surface area contributed by atoms with Crippen molar-refractivity contribution in [1.82, 2.24) is 9.88 Å². The second-order valence-electron chi connectivity index (χ2n) is 8.74. The van der Waals surface area contributed by atoms with Crippen LogP contribution < -0.4 is 0 Å². The minimum atomic E-state index is -0.584. The van der Waals surface area contributed by atoms with Crippen molar-refractivity contribution in [3.05, 3.63) is 52.0 Å². The highest BCUT2D eigenvalue weighted by atomic mass is 35.5. The molecule has 0 bridgehead atoms. The molecular formula is C23H24ClN3O2S. The Morgan fingerprint density at radius 3 is 2.60 bits per heavy atom. The van der Waals surface area contributed by atoms with Crippen LogP contribution in [-0.4, -0.2) is 35.2 Å². The molecule has 0 radical (unpaired) electrons. The number of hydrogen-bond donors (Lipinski definition) is 0. The lowest BCUT2D eigenvalue weighted by Crippen LogP contribution is -2.39. The summed E-state index contributed by atoms with van der Waals surface area (Å²) in [7, 11) is 1.75. The van der Waals surface area contributed by atoms with Gasteiger partial charge in [0.25, 0.3) is 5.91 Å². The summed E-state index contributed by atoms with van der Waals surface area (Å²) in [6.45, 7) is 6.29. The molecule has 3 rings (SSSR count). The van der Waals surface area contributed by atoms with Crippen molar-refractivity contribution in [2.75, 3.05) is 13.6 Å². The maximum Gasteiger partial charge on any atom is 0.273 e. The minimum absolute atomic E-state index is 0.107. The molecule has 1 amide bonds. The molecular weight excluding hydrogens is 418 g/mol. The highest BCUT2D eigenvalue weighted by Gasteiger charge is 2.42. The average molecular weight is 442 g/mol. The van der Waals surface area contributed by atoms with Crippen LogP contribution >= 0.6 is 22.9 Å². The van der Waals surface area contributed by atoms with Gasteiger partial charge in [0.1, 0.15) is 16.8 Å². The van der Waals surface area contributed by atoms with Gasteiger partial charge in [-0.05, 0) is 30.4 Å². The summed E-state index contributed by atoms with van der Waals surface area (Å²) >= 11 is 7.35. The van der Waals surface area contributed by atoms with Crippen LogP contribution in [0.15, 0.2) is 41.3 Å². The molecule has 0 unspecified atom stereocenters. The van der Waals surface area contributed by atoms with Crippen molar-refractivity contribution in [2.24, 2.45) is 10.8 Å². The summed E-state index contributed by atoms with van der Waals surface area (Å²) in [6, 6.07) is 9.39. The zero-order chi connectivity index (χ0) is 22.1. The normalized spacial score (nSPS) is 20.4. The average Bonchev–Trinajstić information content (AvgIpc) is 3.19. The molecule has 0 aliphatic heterocycles. The van der Waals surface area contributed by atoms with Crippen molar-refractivity contribution in [3.63, 3.8) is 0 Å². The topological polar surface area (TPSA) is 74.1 Å². The first-order chi connectivity index (χ1) is 14.0. The van der Waals surface area contributed by atoms with Crippen molar-refractivity contribution in [1.29, 1.82) is 5.26 Å². The maximum atomic E-state index is 12.8. The van der Waals surface area contributed by atoms with E-state index < -0.39 is 5.41 Å². The number of rotatable bonds is 5. The summed E-state index contributed by atoms with van der Waals surface area (Å²) in [5.74, 6) is -0.255. The number of thiazole rings is 1. The van der Waals surface area contributed by atoms with Crippen molar-refractivity contribution in [2.45, 2.75) is 33.6 Å². The summed E-state index contributed by atoms with van der Waals surface area (Å²) in [4.78, 5) is 31.3. The number of nitrogens with zero attached hydrogens (tertiary/aromatic N) is 3. The molecule has 0 N–H and O–H groups in total. The molecule has 5 nitrogen and oxygen atoms in total. The summed E-state index contributed by atoms with van der Waals surface area (Å²) in [6.07, 6.45) is 3.08. The summed E-state index contributed by atoms with van der Waals surface area (Å²) in [5, 5.41) is 12.5. The molecule has 1 aliphatic rings. The van der Waals surface area contributed by atoms with Crippen molar-refractivity contribution in [3.8, 4) is 16.6 Å². The first-order valence-electron chi connectivity index (χ1n) is 9.69. The van der Waals surface area contributed by atoms with E-state index in [4.69, 9.17) is 11.6 Å². The Balaban J connectivity index is 1.69. The second-order valence-corrected chi connectivity index (χ2v) is 10.0. The Morgan fingerprint density at radius 1 is 1.30 bits per heavy atom. The van der Waals surface area contributed by atoms with Gasteiger partial charge >= 0.3 is 0 Å². The third kappa shape index (κ3) is 4.63. The Hall–Kier alpha value is -2.49. The first-order valence-corrected chi connectivity index (χ1v) is 11.0. The molecule has 1 aliphatic carbocycles. The van der Waals surface area contributed by atoms with E-state index in [2.05, 4.69) is 4.98 Å². The Bertz CT molecular complexity index is 1050. The lowest BCUT2D eigenvalue weighted by molar-refractivity contribution is -0.125. The largest absolute Gasteiger partial charge is 0.340 e. The fourth-order valence-electron chi connectivity index (χ4n) is 3.98. The van der Waals surface area contributed by atoms with E-state index in [1.54, 1.807) is 35.5 Å². The molecule has 0 fully saturated rings. The third-order valence-electron chi connectivity index (χ3n) is 5.50. The minimum Gasteiger partial charge on any atom is -0.340 e. The zero-order valence-corrected chi connectivity index (χ0v) is 19.1. The van der Waals surface area contributed by atoms with Gasteiger partial charge in [-0.15, -0.1) is 11.3 Å². The number of carbonyl (C=O) groups excluding carboxylic acids is 2. The molecule has 1 aromatic carbocycles. The van der Waals surface area contributed by atoms with E-state index in [0.717, 1.165) is 10.6 Å². The van der Waals surface area contributed by atoms with Crippen LogP contribution in [0.3, 0.4) is 0 Å². The van der Waals surface area contributed by atoms with E-state index in [-0.39, 0.29) is 22.7 Å². The lowest BCUT2D eigenvalue weighted by Gasteiger charge is -2.39. The zero-order valence-electron chi connectivity index (χ0n) is 17.5. The molecule has 2 aromatic rings. The maximum absolute atomic E-state index is 12.8. The monoisotopic (exact) mass is 441 g/mol. The number of ketones is 1. The standard InChI is InChI=1S/C23H24ClN3O2S/c1-22(2)14-23(3,11-16(12-25)19(22)28)9-10-27(4)21(29)18-13-30-20(26-18)15-5-7-17(24)8-6-15/h5-8,11,13H,9-10,14H2,1-4H3/t23-/m1/s1. The van der Waals surface area contributed by atoms with Crippen LogP contribution in [0.4, 0.5) is 0 Å². The quantitative estimate of drug-likeness (QED) is 0.624. The number of carbonyl (C=O) groups is 2. The van der Waals surface area contributed by atoms with E-state index >= 15 is 0 Å². The second kappa shape index (κ2) is 8.33. The third-order valence-corrected chi connectivity index (χ3v) is 6.64. The van der Waals surface area contributed by atoms with Gasteiger partial charge in [0.2, 0.25) is 0 Å². The molecule has 0 saturated heterocycles. The molecule has 1 aromatic heterocycles. The first kappa shape index (κ1) is 22.2. The number of amides is 1. The molecule has 156 valence electrons. The van der Waals surface area contributed by atoms with E-state index in [1.165, 1.54) is 11.3 Å². The van der Waals surface area contributed by atoms with Crippen molar-refractivity contribution < 1.29 is 9.59 Å². The fraction of sp³-hybridized carbons (Fsp3) is 0.391. The number of benzene rings is 1. The highest BCUT2D eigenvalue weighted by Crippen LogP contribution is 2.44. The van der Waals surface area contributed by atoms with Gasteiger partial charge in [0.15, 0.2) is 5.78 Å². The van der Waals surface area contributed by atoms with Crippen LogP contribution in [0.2, 0.25) is 5.02 Å². The molecule has 1 heterocycles. The van der Waals surface area contributed by atoms with E-state index in [9.17, 15) is 14.9 Å². The molecule has 30 heavy (non-hydrogen) atoms. The lowest BCUT2D eigenvalue weighted by atomic mass is 9.64. The van der Waals surface area contributed by atoms with Crippen LogP contribution in [0.25, 0.3) is 10.6 Å². The van der Waals surface area contributed by atoms with E-state index in [0.29, 0.717) is 30.1 Å². The Morgan fingerprint density at radius 2 is 1.97 bits per heavy atom. The number of nitriles is 1. The van der Waals surface area contributed by atoms with Gasteiger partial charge in [-0.2, -0.15) is 5.26 Å². The summed E-state index contributed by atoms with van der Waals surface area (Å²) in [5.41, 5.74) is 0.634. The number of halogens is 1. The van der Waals surface area contributed by atoms with Crippen LogP contribution in [-0.2, 0) is 4.79 Å². The predicted octanol–water partition coefficient (Wildman–Crippen LogP) is 5.38. The van der Waals surface area contributed by atoms with Gasteiger partial charge in [-0.1, -0.05) is 50.6 Å². The fourth-order valence-corrected chi connectivity index (χ4v) is 4.91.